The van der Waals surface area contributed by atoms with Crippen LogP contribution in [0.3, 0.4) is 0 Å². The smallest absolute Gasteiger partial charge is 0.343 e. The van der Waals surface area contributed by atoms with Gasteiger partial charge in [-0.25, -0.2) is 0 Å². The van der Waals surface area contributed by atoms with Crippen molar-refractivity contribution in [2.75, 3.05) is 0 Å². The molecular formula is C8H15NU. The number of nitrogens with one attached hydrogen (secondary N) is 1. The fraction of sp³-hybridized carbons (Fsp3) is 0.625. The van der Waals surface area contributed by atoms with Crippen molar-refractivity contribution < 1.29 is 31.1 Å². The Morgan fingerprint density at radius 1 is 1.60 bits per heavy atom. The van der Waals surface area contributed by atoms with Crippen LogP contribution in [0.2, 0.25) is 0 Å². The maximum absolute atomic E-state index is 7.24. The Morgan fingerprint density at radius 3 is 2.10 bits per heavy atom. The minimum Gasteiger partial charge on any atom is -0.343 e. The molecule has 0 aromatic heterocycles. The van der Waals surface area contributed by atoms with E-state index in [0.717, 1.165) is 6.42 Å². The SMILES string of the molecule is [CH2-]CC(C)C([CH2-])C(C)=N.[U+2]. The first kappa shape index (κ1) is 13.3. The number of rotatable bonds is 3. The average molecular weight is 363 g/mol. The fourth-order valence-corrected chi connectivity index (χ4v) is 0.628. The van der Waals surface area contributed by atoms with Crippen LogP contribution >= 0.6 is 0 Å². The van der Waals surface area contributed by atoms with Crippen molar-refractivity contribution in [3.05, 3.63) is 13.8 Å². The minimum atomic E-state index is 0. The number of hydrogen-bond acceptors (Lipinski definition) is 1. The van der Waals surface area contributed by atoms with Gasteiger partial charge in [0.2, 0.25) is 0 Å². The molecule has 1 N–H and O–H groups in total. The second-order valence-corrected chi connectivity index (χ2v) is 2.56. The zero-order valence-electron chi connectivity index (χ0n) is 6.78. The van der Waals surface area contributed by atoms with Gasteiger partial charge in [0, 0.05) is 0 Å². The first-order chi connectivity index (χ1) is 4.09. The van der Waals surface area contributed by atoms with E-state index in [9.17, 15) is 0 Å². The predicted molar refractivity (Wildman–Crippen MR) is 41.4 cm³/mol. The van der Waals surface area contributed by atoms with Crippen LogP contribution in [0.25, 0.3) is 0 Å². The van der Waals surface area contributed by atoms with Crippen molar-refractivity contribution in [2.45, 2.75) is 20.3 Å². The van der Waals surface area contributed by atoms with E-state index < -0.39 is 0 Å². The Kier molecular flexibility index (Phi) is 8.57. The van der Waals surface area contributed by atoms with Gasteiger partial charge in [-0.2, -0.15) is 6.42 Å². The molecule has 0 heterocycles. The van der Waals surface area contributed by atoms with Gasteiger partial charge in [-0.3, -0.25) is 0 Å². The molecule has 0 aromatic rings. The molecule has 56 valence electrons. The summed E-state index contributed by atoms with van der Waals surface area (Å²) in [5.41, 5.74) is 0.658. The van der Waals surface area contributed by atoms with E-state index in [1.807, 2.05) is 0 Å². The Morgan fingerprint density at radius 2 is 2.00 bits per heavy atom. The summed E-state index contributed by atoms with van der Waals surface area (Å²) in [6.07, 6.45) is 0.865. The maximum atomic E-state index is 7.24. The summed E-state index contributed by atoms with van der Waals surface area (Å²) < 4.78 is 0. The van der Waals surface area contributed by atoms with E-state index in [-0.39, 0.29) is 37.0 Å². The van der Waals surface area contributed by atoms with Crippen LogP contribution in [-0.4, -0.2) is 5.71 Å². The van der Waals surface area contributed by atoms with Crippen molar-refractivity contribution in [3.63, 3.8) is 0 Å². The molecule has 0 aromatic carbocycles. The molecule has 2 heteroatoms. The Hall–Kier alpha value is 0.722. The standard InChI is InChI=1S/C8H15N.U/c1-5-6(2)7(3)8(4)9;/h6-7,9H,1,3,5H2,2,4H3;/q-2;+2. The van der Waals surface area contributed by atoms with Gasteiger partial charge in [-0.15, -0.1) is 5.92 Å². The molecule has 10 heavy (non-hydrogen) atoms. The molecule has 0 spiro atoms. The van der Waals surface area contributed by atoms with Gasteiger partial charge in [-0.1, -0.05) is 12.8 Å². The van der Waals surface area contributed by atoms with E-state index >= 15 is 0 Å². The Labute approximate surface area is 87.9 Å². The molecule has 0 amide bonds. The maximum Gasteiger partial charge on any atom is 2.00 e. The molecule has 2 unspecified atom stereocenters. The summed E-state index contributed by atoms with van der Waals surface area (Å²) in [5, 5.41) is 7.24. The molecule has 1 nitrogen and oxygen atoms in total. The molecule has 0 aliphatic heterocycles. The molecule has 0 radical (unpaired) electrons. The minimum absolute atomic E-state index is 0. The molecular weight excluding hydrogens is 348 g/mol. The van der Waals surface area contributed by atoms with Crippen molar-refractivity contribution >= 4 is 5.71 Å². The zero-order chi connectivity index (χ0) is 7.44. The number of hydrogen-bond donors (Lipinski definition) is 1. The van der Waals surface area contributed by atoms with Crippen molar-refractivity contribution in [3.8, 4) is 0 Å². The van der Waals surface area contributed by atoms with E-state index in [1.165, 1.54) is 0 Å². The van der Waals surface area contributed by atoms with Gasteiger partial charge in [-0.05, 0) is 12.6 Å². The second-order valence-electron chi connectivity index (χ2n) is 2.56. The topological polar surface area (TPSA) is 23.9 Å². The van der Waals surface area contributed by atoms with Gasteiger partial charge >= 0.3 is 31.1 Å². The Balaban J connectivity index is 0. The van der Waals surface area contributed by atoms with Crippen molar-refractivity contribution in [1.82, 2.24) is 0 Å². The van der Waals surface area contributed by atoms with Crippen LogP contribution in [0.1, 0.15) is 20.3 Å². The van der Waals surface area contributed by atoms with Gasteiger partial charge in [0.25, 0.3) is 0 Å². The van der Waals surface area contributed by atoms with Crippen molar-refractivity contribution in [2.24, 2.45) is 11.8 Å². The average Bonchev–Trinajstić information content (AvgIpc) is 1.84. The summed E-state index contributed by atoms with van der Waals surface area (Å²) in [5.74, 6) is 0.602. The molecule has 2 atom stereocenters. The van der Waals surface area contributed by atoms with Crippen LogP contribution in [0, 0.1) is 62.2 Å². The predicted octanol–water partition coefficient (Wildman–Crippen LogP) is 2.34. The third kappa shape index (κ3) is 4.52. The van der Waals surface area contributed by atoms with Crippen LogP contribution in [0.15, 0.2) is 0 Å². The fourth-order valence-electron chi connectivity index (χ4n) is 0.628. The summed E-state index contributed by atoms with van der Waals surface area (Å²) in [6, 6.07) is 0. The summed E-state index contributed by atoms with van der Waals surface area (Å²) in [6.45, 7) is 11.5. The first-order valence-corrected chi connectivity index (χ1v) is 3.27. The second kappa shape index (κ2) is 6.43. The Bertz CT molecular complexity index is 101. The molecule has 0 saturated heterocycles. The van der Waals surface area contributed by atoms with Crippen LogP contribution in [0.5, 0.6) is 0 Å². The summed E-state index contributed by atoms with van der Waals surface area (Å²) in [4.78, 5) is 0. The summed E-state index contributed by atoms with van der Waals surface area (Å²) >= 11 is 0. The van der Waals surface area contributed by atoms with Crippen LogP contribution in [0.4, 0.5) is 0 Å². The van der Waals surface area contributed by atoms with E-state index in [1.54, 1.807) is 6.92 Å². The third-order valence-electron chi connectivity index (χ3n) is 1.70. The van der Waals surface area contributed by atoms with Crippen LogP contribution < -0.4 is 0 Å². The molecule has 0 fully saturated rings. The monoisotopic (exact) mass is 363 g/mol. The molecule has 0 saturated carbocycles. The van der Waals surface area contributed by atoms with E-state index in [4.69, 9.17) is 5.41 Å². The van der Waals surface area contributed by atoms with E-state index in [0.29, 0.717) is 11.6 Å². The molecule has 0 bridgehead atoms. The largest absolute Gasteiger partial charge is 2.00 e. The van der Waals surface area contributed by atoms with E-state index in [2.05, 4.69) is 20.8 Å². The molecule has 0 aliphatic carbocycles. The zero-order valence-corrected chi connectivity index (χ0v) is 10.9. The quantitative estimate of drug-likeness (QED) is 0.588. The first-order valence-electron chi connectivity index (χ1n) is 3.27. The van der Waals surface area contributed by atoms with Gasteiger partial charge in [0.15, 0.2) is 0 Å². The van der Waals surface area contributed by atoms with Crippen molar-refractivity contribution in [1.29, 1.82) is 5.41 Å². The molecule has 0 aliphatic rings. The van der Waals surface area contributed by atoms with Crippen LogP contribution in [-0.2, 0) is 0 Å². The van der Waals surface area contributed by atoms with Gasteiger partial charge in [0.05, 0.1) is 0 Å². The normalized spacial score (nSPS) is 15.2. The van der Waals surface area contributed by atoms with Gasteiger partial charge in [0.1, 0.15) is 0 Å². The third-order valence-corrected chi connectivity index (χ3v) is 1.70. The van der Waals surface area contributed by atoms with Gasteiger partial charge < -0.3 is 19.3 Å². The molecule has 0 rings (SSSR count). The summed E-state index contributed by atoms with van der Waals surface area (Å²) in [7, 11) is 0.